The lowest BCUT2D eigenvalue weighted by Crippen LogP contribution is -2.38. The van der Waals surface area contributed by atoms with Crippen molar-refractivity contribution >= 4 is 0 Å². The predicted octanol–water partition coefficient (Wildman–Crippen LogP) is 3.21. The Balaban J connectivity index is 1.96. The van der Waals surface area contributed by atoms with Gasteiger partial charge in [0.2, 0.25) is 0 Å². The van der Waals surface area contributed by atoms with Crippen LogP contribution in [0.15, 0.2) is 24.3 Å². The standard InChI is InChI=1S/C15H23NO/c1-11-7-9-13(10-8-11)12(2)16-14-5-4-6-15(14)17-3/h7-10,12,14-16H,4-6H2,1-3H3. The quantitative estimate of drug-likeness (QED) is 0.862. The average molecular weight is 233 g/mol. The third-order valence-corrected chi connectivity index (χ3v) is 3.80. The van der Waals surface area contributed by atoms with E-state index in [0.29, 0.717) is 18.2 Å². The molecule has 2 nitrogen and oxygen atoms in total. The first-order chi connectivity index (χ1) is 8.20. The largest absolute Gasteiger partial charge is 0.380 e. The molecule has 1 aromatic carbocycles. The topological polar surface area (TPSA) is 21.3 Å². The summed E-state index contributed by atoms with van der Waals surface area (Å²) in [6.07, 6.45) is 4.09. The second-order valence-electron chi connectivity index (χ2n) is 5.11. The van der Waals surface area contributed by atoms with E-state index < -0.39 is 0 Å². The van der Waals surface area contributed by atoms with Crippen molar-refractivity contribution in [1.29, 1.82) is 0 Å². The van der Waals surface area contributed by atoms with Gasteiger partial charge in [-0.1, -0.05) is 29.8 Å². The fourth-order valence-electron chi connectivity index (χ4n) is 2.67. The van der Waals surface area contributed by atoms with Crippen LogP contribution in [0.1, 0.15) is 43.4 Å². The molecule has 1 N–H and O–H groups in total. The van der Waals surface area contributed by atoms with Crippen molar-refractivity contribution in [3.63, 3.8) is 0 Å². The van der Waals surface area contributed by atoms with Gasteiger partial charge in [-0.05, 0) is 38.7 Å². The first kappa shape index (κ1) is 12.6. The lowest BCUT2D eigenvalue weighted by Gasteiger charge is -2.24. The van der Waals surface area contributed by atoms with Crippen LogP contribution < -0.4 is 5.32 Å². The second kappa shape index (κ2) is 5.65. The van der Waals surface area contributed by atoms with Gasteiger partial charge in [0, 0.05) is 19.2 Å². The summed E-state index contributed by atoms with van der Waals surface area (Å²) in [5.41, 5.74) is 2.67. The Kier molecular flexibility index (Phi) is 4.19. The van der Waals surface area contributed by atoms with Crippen molar-refractivity contribution in [3.05, 3.63) is 35.4 Å². The zero-order valence-corrected chi connectivity index (χ0v) is 11.1. The first-order valence-corrected chi connectivity index (χ1v) is 6.56. The number of aryl methyl sites for hydroxylation is 1. The number of nitrogens with one attached hydrogen (secondary N) is 1. The molecule has 3 atom stereocenters. The minimum Gasteiger partial charge on any atom is -0.380 e. The zero-order chi connectivity index (χ0) is 12.3. The fraction of sp³-hybridized carbons (Fsp3) is 0.600. The highest BCUT2D eigenvalue weighted by molar-refractivity contribution is 5.23. The van der Waals surface area contributed by atoms with Crippen molar-refractivity contribution in [1.82, 2.24) is 5.32 Å². The minimum absolute atomic E-state index is 0.392. The number of hydrogen-bond acceptors (Lipinski definition) is 2. The van der Waals surface area contributed by atoms with E-state index in [4.69, 9.17) is 4.74 Å². The molecule has 2 rings (SSSR count). The van der Waals surface area contributed by atoms with Crippen LogP contribution in [-0.2, 0) is 4.74 Å². The molecule has 0 aromatic heterocycles. The van der Waals surface area contributed by atoms with Gasteiger partial charge < -0.3 is 10.1 Å². The molecule has 17 heavy (non-hydrogen) atoms. The summed E-state index contributed by atoms with van der Waals surface area (Å²) in [6, 6.07) is 9.69. The fourth-order valence-corrected chi connectivity index (χ4v) is 2.67. The first-order valence-electron chi connectivity index (χ1n) is 6.56. The van der Waals surface area contributed by atoms with Crippen LogP contribution in [0.25, 0.3) is 0 Å². The van der Waals surface area contributed by atoms with E-state index in [1.54, 1.807) is 0 Å². The average Bonchev–Trinajstić information content (AvgIpc) is 2.77. The number of rotatable bonds is 4. The van der Waals surface area contributed by atoms with Gasteiger partial charge in [0.25, 0.3) is 0 Å². The smallest absolute Gasteiger partial charge is 0.0724 e. The highest BCUT2D eigenvalue weighted by Gasteiger charge is 2.27. The molecule has 0 heterocycles. The molecular formula is C15H23NO. The van der Waals surface area contributed by atoms with Gasteiger partial charge >= 0.3 is 0 Å². The van der Waals surface area contributed by atoms with Crippen LogP contribution in [0.3, 0.4) is 0 Å². The van der Waals surface area contributed by atoms with Gasteiger partial charge in [-0.15, -0.1) is 0 Å². The van der Waals surface area contributed by atoms with Gasteiger partial charge in [-0.2, -0.15) is 0 Å². The summed E-state index contributed by atoms with van der Waals surface area (Å²) in [5, 5.41) is 3.69. The molecule has 3 unspecified atom stereocenters. The van der Waals surface area contributed by atoms with E-state index >= 15 is 0 Å². The van der Waals surface area contributed by atoms with Crippen LogP contribution in [0.5, 0.6) is 0 Å². The Morgan fingerprint density at radius 1 is 1.24 bits per heavy atom. The summed E-state index contributed by atoms with van der Waals surface area (Å²) in [6.45, 7) is 4.36. The Morgan fingerprint density at radius 2 is 1.94 bits per heavy atom. The molecule has 1 aliphatic rings. The third-order valence-electron chi connectivity index (χ3n) is 3.80. The van der Waals surface area contributed by atoms with Crippen molar-refractivity contribution in [3.8, 4) is 0 Å². The molecule has 0 spiro atoms. The van der Waals surface area contributed by atoms with Crippen molar-refractivity contribution in [2.24, 2.45) is 0 Å². The van der Waals surface area contributed by atoms with Crippen LogP contribution in [-0.4, -0.2) is 19.3 Å². The van der Waals surface area contributed by atoms with Crippen LogP contribution in [0.2, 0.25) is 0 Å². The molecule has 2 heteroatoms. The summed E-state index contributed by atoms with van der Waals surface area (Å²) >= 11 is 0. The molecule has 94 valence electrons. The van der Waals surface area contributed by atoms with Crippen molar-refractivity contribution < 1.29 is 4.74 Å². The normalized spacial score (nSPS) is 26.1. The molecule has 1 fully saturated rings. The maximum absolute atomic E-state index is 5.52. The SMILES string of the molecule is COC1CCCC1NC(C)c1ccc(C)cc1. The van der Waals surface area contributed by atoms with Crippen molar-refractivity contribution in [2.45, 2.75) is 51.3 Å². The van der Waals surface area contributed by atoms with E-state index in [1.165, 1.54) is 30.4 Å². The molecular weight excluding hydrogens is 210 g/mol. The maximum Gasteiger partial charge on any atom is 0.0724 e. The summed E-state index contributed by atoms with van der Waals surface area (Å²) < 4.78 is 5.52. The Morgan fingerprint density at radius 3 is 2.59 bits per heavy atom. The second-order valence-corrected chi connectivity index (χ2v) is 5.11. The predicted molar refractivity (Wildman–Crippen MR) is 71.2 cm³/mol. The highest BCUT2D eigenvalue weighted by Crippen LogP contribution is 2.24. The van der Waals surface area contributed by atoms with Crippen LogP contribution >= 0.6 is 0 Å². The Labute approximate surface area is 104 Å². The molecule has 1 aromatic rings. The van der Waals surface area contributed by atoms with Gasteiger partial charge in [0.1, 0.15) is 0 Å². The molecule has 0 bridgehead atoms. The van der Waals surface area contributed by atoms with E-state index in [0.717, 1.165) is 0 Å². The van der Waals surface area contributed by atoms with E-state index in [2.05, 4.69) is 43.4 Å². The molecule has 0 aliphatic heterocycles. The number of benzene rings is 1. The minimum atomic E-state index is 0.392. The van der Waals surface area contributed by atoms with E-state index in [1.807, 2.05) is 7.11 Å². The number of hydrogen-bond donors (Lipinski definition) is 1. The Bertz CT molecular complexity index is 346. The Hall–Kier alpha value is -0.860. The highest BCUT2D eigenvalue weighted by atomic mass is 16.5. The monoisotopic (exact) mass is 233 g/mol. The zero-order valence-electron chi connectivity index (χ0n) is 11.1. The van der Waals surface area contributed by atoms with Crippen molar-refractivity contribution in [2.75, 3.05) is 7.11 Å². The van der Waals surface area contributed by atoms with Gasteiger partial charge in [-0.3, -0.25) is 0 Å². The third kappa shape index (κ3) is 3.08. The lowest BCUT2D eigenvalue weighted by molar-refractivity contribution is 0.0820. The maximum atomic E-state index is 5.52. The molecule has 1 saturated carbocycles. The van der Waals surface area contributed by atoms with Crippen LogP contribution in [0.4, 0.5) is 0 Å². The van der Waals surface area contributed by atoms with Gasteiger partial charge in [-0.25, -0.2) is 0 Å². The van der Waals surface area contributed by atoms with Crippen LogP contribution in [0, 0.1) is 6.92 Å². The molecule has 0 radical (unpaired) electrons. The van der Waals surface area contributed by atoms with Gasteiger partial charge in [0.05, 0.1) is 6.10 Å². The molecule has 1 aliphatic carbocycles. The summed E-state index contributed by atoms with van der Waals surface area (Å²) in [4.78, 5) is 0. The van der Waals surface area contributed by atoms with E-state index in [9.17, 15) is 0 Å². The molecule has 0 saturated heterocycles. The summed E-state index contributed by atoms with van der Waals surface area (Å²) in [5.74, 6) is 0. The lowest BCUT2D eigenvalue weighted by atomic mass is 10.0. The summed E-state index contributed by atoms with van der Waals surface area (Å²) in [7, 11) is 1.82. The van der Waals surface area contributed by atoms with E-state index in [-0.39, 0.29) is 0 Å². The number of methoxy groups -OCH3 is 1. The molecule has 0 amide bonds. The number of ether oxygens (including phenoxy) is 1. The van der Waals surface area contributed by atoms with Gasteiger partial charge in [0.15, 0.2) is 0 Å².